The Morgan fingerprint density at radius 2 is 2.29 bits per heavy atom. The minimum absolute atomic E-state index is 0.317. The lowest BCUT2D eigenvalue weighted by molar-refractivity contribution is 0.559. The molecule has 3 nitrogen and oxygen atoms in total. The average Bonchev–Trinajstić information content (AvgIpc) is 2.77. The first-order valence-electron chi connectivity index (χ1n) is 5.31. The van der Waals surface area contributed by atoms with E-state index in [9.17, 15) is 4.39 Å². The van der Waals surface area contributed by atoms with Gasteiger partial charge in [0.1, 0.15) is 11.5 Å². The van der Waals surface area contributed by atoms with E-state index in [0.29, 0.717) is 23.6 Å². The van der Waals surface area contributed by atoms with Gasteiger partial charge in [0.25, 0.3) is 0 Å². The van der Waals surface area contributed by atoms with Gasteiger partial charge in [-0.1, -0.05) is 22.9 Å². The second kappa shape index (κ2) is 5.42. The maximum Gasteiger partial charge on any atom is 0.181 e. The molecule has 0 aliphatic rings. The highest BCUT2D eigenvalue weighted by Gasteiger charge is 2.14. The van der Waals surface area contributed by atoms with Gasteiger partial charge in [-0.2, -0.15) is 0 Å². The van der Waals surface area contributed by atoms with Gasteiger partial charge < -0.3 is 9.73 Å². The van der Waals surface area contributed by atoms with E-state index in [1.165, 1.54) is 12.5 Å². The third-order valence-corrected chi connectivity index (χ3v) is 2.85. The molecular formula is C12H12BrFN2O. The summed E-state index contributed by atoms with van der Waals surface area (Å²) in [5, 5.41) is 3.14. The fraction of sp³-hybridized carbons (Fsp3) is 0.250. The van der Waals surface area contributed by atoms with Crippen molar-refractivity contribution in [2.75, 3.05) is 6.54 Å². The summed E-state index contributed by atoms with van der Waals surface area (Å²) in [7, 11) is 0. The summed E-state index contributed by atoms with van der Waals surface area (Å²) in [6.07, 6.45) is 1.34. The predicted octanol–water partition coefficient (Wildman–Crippen LogP) is 3.35. The molecular weight excluding hydrogens is 287 g/mol. The zero-order valence-electron chi connectivity index (χ0n) is 9.34. The largest absolute Gasteiger partial charge is 0.443 e. The number of oxazole rings is 1. The Kier molecular flexibility index (Phi) is 3.91. The van der Waals surface area contributed by atoms with Crippen molar-refractivity contribution in [1.82, 2.24) is 10.3 Å². The van der Waals surface area contributed by atoms with Crippen LogP contribution in [0.3, 0.4) is 0 Å². The van der Waals surface area contributed by atoms with Crippen LogP contribution in [0.1, 0.15) is 12.6 Å². The van der Waals surface area contributed by atoms with E-state index in [1.807, 2.05) is 6.92 Å². The summed E-state index contributed by atoms with van der Waals surface area (Å²) < 4.78 is 19.8. The molecule has 0 saturated heterocycles. The Labute approximate surface area is 107 Å². The van der Waals surface area contributed by atoms with E-state index < -0.39 is 0 Å². The Morgan fingerprint density at radius 1 is 1.47 bits per heavy atom. The lowest BCUT2D eigenvalue weighted by Gasteiger charge is -2.04. The van der Waals surface area contributed by atoms with Gasteiger partial charge in [-0.05, 0) is 24.7 Å². The van der Waals surface area contributed by atoms with Crippen LogP contribution in [0.15, 0.2) is 33.5 Å². The van der Waals surface area contributed by atoms with Crippen LogP contribution in [-0.2, 0) is 6.54 Å². The third kappa shape index (κ3) is 2.73. The number of aromatic nitrogens is 1. The SMILES string of the molecule is CCNCc1ncoc1-c1cc(Br)ccc1F. The van der Waals surface area contributed by atoms with Crippen LogP contribution in [0.5, 0.6) is 0 Å². The van der Waals surface area contributed by atoms with Crippen molar-refractivity contribution < 1.29 is 8.81 Å². The molecule has 0 spiro atoms. The summed E-state index contributed by atoms with van der Waals surface area (Å²) in [5.41, 5.74) is 1.13. The lowest BCUT2D eigenvalue weighted by Crippen LogP contribution is -2.12. The van der Waals surface area contributed by atoms with E-state index in [-0.39, 0.29) is 5.82 Å². The third-order valence-electron chi connectivity index (χ3n) is 2.36. The molecule has 0 bridgehead atoms. The molecule has 2 aromatic rings. The fourth-order valence-corrected chi connectivity index (χ4v) is 1.89. The van der Waals surface area contributed by atoms with E-state index >= 15 is 0 Å². The molecule has 2 rings (SSSR count). The summed E-state index contributed by atoms with van der Waals surface area (Å²) in [4.78, 5) is 4.09. The van der Waals surface area contributed by atoms with Gasteiger partial charge in [0.15, 0.2) is 12.2 Å². The number of nitrogens with one attached hydrogen (secondary N) is 1. The highest BCUT2D eigenvalue weighted by Crippen LogP contribution is 2.28. The molecule has 0 atom stereocenters. The summed E-state index contributed by atoms with van der Waals surface area (Å²) in [6, 6.07) is 4.74. The van der Waals surface area contributed by atoms with Crippen molar-refractivity contribution in [2.24, 2.45) is 0 Å². The fourth-order valence-electron chi connectivity index (χ4n) is 1.53. The van der Waals surface area contributed by atoms with Crippen molar-refractivity contribution in [1.29, 1.82) is 0 Å². The van der Waals surface area contributed by atoms with Gasteiger partial charge in [-0.3, -0.25) is 0 Å². The van der Waals surface area contributed by atoms with Gasteiger partial charge >= 0.3 is 0 Å². The van der Waals surface area contributed by atoms with E-state index in [4.69, 9.17) is 4.42 Å². The highest BCUT2D eigenvalue weighted by atomic mass is 79.9. The number of nitrogens with zero attached hydrogens (tertiary/aromatic N) is 1. The summed E-state index contributed by atoms with van der Waals surface area (Å²) in [6.45, 7) is 3.39. The second-order valence-electron chi connectivity index (χ2n) is 3.53. The molecule has 0 aliphatic heterocycles. The smallest absolute Gasteiger partial charge is 0.181 e. The molecule has 1 aromatic carbocycles. The van der Waals surface area contributed by atoms with Crippen molar-refractivity contribution in [3.8, 4) is 11.3 Å². The number of rotatable bonds is 4. The zero-order valence-corrected chi connectivity index (χ0v) is 10.9. The zero-order chi connectivity index (χ0) is 12.3. The number of hydrogen-bond acceptors (Lipinski definition) is 3. The second-order valence-corrected chi connectivity index (χ2v) is 4.45. The molecule has 0 saturated carbocycles. The van der Waals surface area contributed by atoms with Crippen LogP contribution in [0.4, 0.5) is 4.39 Å². The quantitative estimate of drug-likeness (QED) is 0.941. The van der Waals surface area contributed by atoms with Crippen molar-refractivity contribution >= 4 is 15.9 Å². The number of halogens is 2. The van der Waals surface area contributed by atoms with Crippen LogP contribution in [0.2, 0.25) is 0 Å². The molecule has 0 fully saturated rings. The molecule has 17 heavy (non-hydrogen) atoms. The van der Waals surface area contributed by atoms with Gasteiger partial charge in [-0.25, -0.2) is 9.37 Å². The van der Waals surface area contributed by atoms with Gasteiger partial charge in [0, 0.05) is 11.0 Å². The Bertz CT molecular complexity index is 513. The molecule has 1 heterocycles. The van der Waals surface area contributed by atoms with Crippen LogP contribution in [0.25, 0.3) is 11.3 Å². The van der Waals surface area contributed by atoms with Crippen LogP contribution in [-0.4, -0.2) is 11.5 Å². The molecule has 0 aliphatic carbocycles. The topological polar surface area (TPSA) is 38.1 Å². The molecule has 0 radical (unpaired) electrons. The number of benzene rings is 1. The minimum atomic E-state index is -0.317. The summed E-state index contributed by atoms with van der Waals surface area (Å²) in [5.74, 6) is 0.160. The maximum absolute atomic E-state index is 13.7. The first kappa shape index (κ1) is 12.3. The minimum Gasteiger partial charge on any atom is -0.443 e. The van der Waals surface area contributed by atoms with Crippen molar-refractivity contribution in [2.45, 2.75) is 13.5 Å². The first-order chi connectivity index (χ1) is 8.22. The van der Waals surface area contributed by atoms with Crippen LogP contribution >= 0.6 is 15.9 Å². The predicted molar refractivity (Wildman–Crippen MR) is 67.0 cm³/mol. The van der Waals surface area contributed by atoms with Crippen molar-refractivity contribution in [3.05, 3.63) is 40.6 Å². The summed E-state index contributed by atoms with van der Waals surface area (Å²) >= 11 is 3.31. The Hall–Kier alpha value is -1.20. The van der Waals surface area contributed by atoms with E-state index in [0.717, 1.165) is 11.0 Å². The lowest BCUT2D eigenvalue weighted by atomic mass is 10.1. The van der Waals surface area contributed by atoms with E-state index in [2.05, 4.69) is 26.2 Å². The molecule has 1 aromatic heterocycles. The normalized spacial score (nSPS) is 10.8. The maximum atomic E-state index is 13.7. The molecule has 5 heteroatoms. The Morgan fingerprint density at radius 3 is 3.06 bits per heavy atom. The Balaban J connectivity index is 2.38. The van der Waals surface area contributed by atoms with Gasteiger partial charge in [0.05, 0.1) is 5.56 Å². The van der Waals surface area contributed by atoms with Crippen LogP contribution in [0, 0.1) is 5.82 Å². The standard InChI is InChI=1S/C12H12BrFN2O/c1-2-15-6-11-12(17-7-16-11)9-5-8(13)3-4-10(9)14/h3-5,7,15H,2,6H2,1H3. The van der Waals surface area contributed by atoms with Gasteiger partial charge in [-0.15, -0.1) is 0 Å². The monoisotopic (exact) mass is 298 g/mol. The molecule has 1 N–H and O–H groups in total. The van der Waals surface area contributed by atoms with E-state index in [1.54, 1.807) is 12.1 Å². The van der Waals surface area contributed by atoms with Crippen LogP contribution < -0.4 is 5.32 Å². The molecule has 90 valence electrons. The van der Waals surface area contributed by atoms with Gasteiger partial charge in [0.2, 0.25) is 0 Å². The molecule has 0 unspecified atom stereocenters. The highest BCUT2D eigenvalue weighted by molar-refractivity contribution is 9.10. The average molecular weight is 299 g/mol. The molecule has 0 amide bonds. The first-order valence-corrected chi connectivity index (χ1v) is 6.10. The number of hydrogen-bond donors (Lipinski definition) is 1. The van der Waals surface area contributed by atoms with Crippen molar-refractivity contribution in [3.63, 3.8) is 0 Å².